The Bertz CT molecular complexity index is 732. The predicted molar refractivity (Wildman–Crippen MR) is 118 cm³/mol. The summed E-state index contributed by atoms with van der Waals surface area (Å²) < 4.78 is 0. The van der Waals surface area contributed by atoms with Crippen molar-refractivity contribution < 1.29 is 14.7 Å². The molecule has 0 aromatic rings. The van der Waals surface area contributed by atoms with Gasteiger partial charge >= 0.3 is 0 Å². The topological polar surface area (TPSA) is 72.9 Å². The van der Waals surface area contributed by atoms with Gasteiger partial charge in [-0.2, -0.15) is 0 Å². The molecule has 1 aliphatic carbocycles. The number of likely N-dealkylation sites (N-methyl/N-ethyl adjacent to an activating group) is 1. The van der Waals surface area contributed by atoms with E-state index in [0.29, 0.717) is 0 Å². The number of fused-ring (bicyclic) bond motifs is 1. The Morgan fingerprint density at radius 1 is 1.17 bits per heavy atom. The molecule has 2 aliphatic heterocycles. The average molecular weight is 416 g/mol. The summed E-state index contributed by atoms with van der Waals surface area (Å²) in [6.45, 7) is 6.21. The Labute approximate surface area is 180 Å². The van der Waals surface area contributed by atoms with Crippen molar-refractivity contribution in [3.63, 3.8) is 0 Å². The number of carbonyl (C=O) groups is 2. The number of amides is 2. The average Bonchev–Trinajstić information content (AvgIpc) is 2.93. The summed E-state index contributed by atoms with van der Waals surface area (Å²) in [5.41, 5.74) is 5.96. The third-order valence-electron chi connectivity index (χ3n) is 6.51. The molecular weight excluding hydrogens is 378 g/mol. The van der Waals surface area contributed by atoms with Crippen LogP contribution in [-0.4, -0.2) is 58.1 Å². The zero-order chi connectivity index (χ0) is 21.8. The number of imide groups is 1. The van der Waals surface area contributed by atoms with E-state index in [1.54, 1.807) is 7.05 Å². The van der Waals surface area contributed by atoms with E-state index in [-0.39, 0.29) is 23.9 Å². The van der Waals surface area contributed by atoms with E-state index < -0.39 is 18.1 Å². The normalized spacial score (nSPS) is 29.3. The van der Waals surface area contributed by atoms with Gasteiger partial charge in [0.05, 0.1) is 18.1 Å². The van der Waals surface area contributed by atoms with Crippen LogP contribution in [-0.2, 0) is 9.59 Å². The summed E-state index contributed by atoms with van der Waals surface area (Å²) in [5, 5.41) is 12.9. The molecule has 1 saturated carbocycles. The van der Waals surface area contributed by atoms with Crippen LogP contribution >= 0.6 is 0 Å². The van der Waals surface area contributed by atoms with Crippen LogP contribution in [0.2, 0.25) is 0 Å². The third kappa shape index (κ3) is 5.10. The molecule has 0 aromatic carbocycles. The molecule has 30 heavy (non-hydrogen) atoms. The number of hydrogen-bond acceptors (Lipinski definition) is 5. The van der Waals surface area contributed by atoms with Gasteiger partial charge in [0.1, 0.15) is 6.04 Å². The summed E-state index contributed by atoms with van der Waals surface area (Å²) in [5.74, 6) is -0.845. The van der Waals surface area contributed by atoms with Gasteiger partial charge in [-0.25, -0.2) is 5.01 Å². The molecule has 0 radical (unpaired) electrons. The molecule has 6 nitrogen and oxygen atoms in total. The Hall–Kier alpha value is -1.76. The first-order chi connectivity index (χ1) is 14.3. The number of hydrogen-bond donors (Lipinski definition) is 2. The van der Waals surface area contributed by atoms with Crippen LogP contribution in [0.25, 0.3) is 0 Å². The smallest absolute Gasteiger partial charge is 0.248 e. The standard InChI is InChI=1S/C24H37N3O3/c1-16(2)9-8-10-17(3)15-21(28)20-14-13-19-22(24(30)26(4)23(19)29)27(20)25-18-11-6-5-7-12-18/h9,13-15,18-22,25,28H,5-8,10-12H2,1-4H3/b17-15+. The summed E-state index contributed by atoms with van der Waals surface area (Å²) >= 11 is 0. The molecule has 2 fully saturated rings. The van der Waals surface area contributed by atoms with E-state index in [1.165, 1.54) is 29.7 Å². The molecule has 0 aromatic heterocycles. The Morgan fingerprint density at radius 3 is 2.53 bits per heavy atom. The first kappa shape index (κ1) is 22.9. The monoisotopic (exact) mass is 415 g/mol. The minimum absolute atomic E-state index is 0.168. The van der Waals surface area contributed by atoms with Gasteiger partial charge in [-0.1, -0.05) is 54.7 Å². The number of likely N-dealkylation sites (tertiary alicyclic amines) is 1. The van der Waals surface area contributed by atoms with Crippen LogP contribution in [0.4, 0.5) is 0 Å². The van der Waals surface area contributed by atoms with Crippen LogP contribution in [0.3, 0.4) is 0 Å². The van der Waals surface area contributed by atoms with Crippen LogP contribution in [0, 0.1) is 5.92 Å². The lowest BCUT2D eigenvalue weighted by Crippen LogP contribution is -2.62. The van der Waals surface area contributed by atoms with Gasteiger partial charge in [0.15, 0.2) is 0 Å². The summed E-state index contributed by atoms with van der Waals surface area (Å²) in [4.78, 5) is 26.6. The van der Waals surface area contributed by atoms with Crippen molar-refractivity contribution in [1.29, 1.82) is 0 Å². The number of nitrogens with one attached hydrogen (secondary N) is 1. The third-order valence-corrected chi connectivity index (χ3v) is 6.51. The maximum Gasteiger partial charge on any atom is 0.248 e. The van der Waals surface area contributed by atoms with E-state index in [9.17, 15) is 14.7 Å². The molecule has 2 amide bonds. The molecule has 2 heterocycles. The second kappa shape index (κ2) is 10.0. The van der Waals surface area contributed by atoms with Crippen molar-refractivity contribution in [3.8, 4) is 0 Å². The molecule has 0 spiro atoms. The van der Waals surface area contributed by atoms with E-state index in [1.807, 2.05) is 30.2 Å². The molecule has 2 N–H and O–H groups in total. The summed E-state index contributed by atoms with van der Waals surface area (Å²) in [6, 6.07) is -0.694. The number of aliphatic hydroxyl groups excluding tert-OH is 1. The van der Waals surface area contributed by atoms with E-state index in [4.69, 9.17) is 0 Å². The number of aliphatic hydroxyl groups is 1. The van der Waals surface area contributed by atoms with Gasteiger partial charge in [-0.3, -0.25) is 19.9 Å². The molecule has 0 bridgehead atoms. The predicted octanol–water partition coefficient (Wildman–Crippen LogP) is 3.10. The highest BCUT2D eigenvalue weighted by atomic mass is 16.3. The van der Waals surface area contributed by atoms with Crippen molar-refractivity contribution in [1.82, 2.24) is 15.3 Å². The van der Waals surface area contributed by atoms with Crippen LogP contribution in [0.1, 0.15) is 65.7 Å². The van der Waals surface area contributed by atoms with Gasteiger partial charge in [-0.15, -0.1) is 0 Å². The van der Waals surface area contributed by atoms with Gasteiger partial charge in [-0.05, 0) is 46.5 Å². The molecule has 4 atom stereocenters. The second-order valence-electron chi connectivity index (χ2n) is 9.28. The molecular formula is C24H37N3O3. The van der Waals surface area contributed by atoms with Crippen molar-refractivity contribution in [3.05, 3.63) is 35.5 Å². The minimum atomic E-state index is -0.751. The van der Waals surface area contributed by atoms with Gasteiger partial charge in [0, 0.05) is 13.1 Å². The maximum absolute atomic E-state index is 12.9. The lowest BCUT2D eigenvalue weighted by molar-refractivity contribution is -0.139. The number of allylic oxidation sites excluding steroid dienone is 3. The lowest BCUT2D eigenvalue weighted by atomic mass is 9.91. The second-order valence-corrected chi connectivity index (χ2v) is 9.28. The highest BCUT2D eigenvalue weighted by molar-refractivity contribution is 6.07. The fourth-order valence-electron chi connectivity index (χ4n) is 4.76. The lowest BCUT2D eigenvalue weighted by Gasteiger charge is -2.42. The minimum Gasteiger partial charge on any atom is -0.387 e. The van der Waals surface area contributed by atoms with E-state index in [2.05, 4.69) is 25.3 Å². The number of nitrogens with zero attached hydrogens (tertiary/aromatic N) is 2. The SMILES string of the molecule is CC(C)=CCC/C(C)=C/C(O)C1C=CC2C(=O)N(C)C(=O)C2N1NC1CCCCC1. The largest absolute Gasteiger partial charge is 0.387 e. The van der Waals surface area contributed by atoms with Crippen molar-refractivity contribution in [2.45, 2.75) is 89.9 Å². The summed E-state index contributed by atoms with van der Waals surface area (Å²) in [7, 11) is 1.55. The summed E-state index contributed by atoms with van der Waals surface area (Å²) in [6.07, 6.45) is 14.6. The van der Waals surface area contributed by atoms with Gasteiger partial charge < -0.3 is 5.11 Å². The number of rotatable bonds is 7. The van der Waals surface area contributed by atoms with Crippen molar-refractivity contribution in [2.75, 3.05) is 7.05 Å². The zero-order valence-corrected chi connectivity index (χ0v) is 18.8. The van der Waals surface area contributed by atoms with Gasteiger partial charge in [0.2, 0.25) is 11.8 Å². The highest BCUT2D eigenvalue weighted by Gasteiger charge is 2.52. The molecule has 166 valence electrons. The van der Waals surface area contributed by atoms with Crippen molar-refractivity contribution >= 4 is 11.8 Å². The highest BCUT2D eigenvalue weighted by Crippen LogP contribution is 2.32. The number of carbonyl (C=O) groups excluding carboxylic acids is 2. The molecule has 3 rings (SSSR count). The fraction of sp³-hybridized carbons (Fsp3) is 0.667. The van der Waals surface area contributed by atoms with E-state index >= 15 is 0 Å². The fourth-order valence-corrected chi connectivity index (χ4v) is 4.76. The zero-order valence-electron chi connectivity index (χ0n) is 18.8. The first-order valence-electron chi connectivity index (χ1n) is 11.3. The van der Waals surface area contributed by atoms with Crippen molar-refractivity contribution in [2.24, 2.45) is 5.92 Å². The molecule has 4 unspecified atom stereocenters. The van der Waals surface area contributed by atoms with Crippen LogP contribution < -0.4 is 5.43 Å². The molecule has 6 heteroatoms. The Balaban J connectivity index is 1.80. The number of hydrazine groups is 1. The van der Waals surface area contributed by atoms with Gasteiger partial charge in [0.25, 0.3) is 0 Å². The van der Waals surface area contributed by atoms with Crippen LogP contribution in [0.15, 0.2) is 35.5 Å². The molecule has 1 saturated heterocycles. The first-order valence-corrected chi connectivity index (χ1v) is 11.3. The van der Waals surface area contributed by atoms with E-state index in [0.717, 1.165) is 31.3 Å². The quantitative estimate of drug-likeness (QED) is 0.494. The Kier molecular flexibility index (Phi) is 7.66. The van der Waals surface area contributed by atoms with Crippen LogP contribution in [0.5, 0.6) is 0 Å². The Morgan fingerprint density at radius 2 is 1.87 bits per heavy atom. The molecule has 3 aliphatic rings. The maximum atomic E-state index is 12.9.